The molecular weight excluding hydrogens is 550 g/mol. The minimum Gasteiger partial charge on any atom is -0.394 e. The summed E-state index contributed by atoms with van der Waals surface area (Å²) in [7, 11) is 0. The van der Waals surface area contributed by atoms with Crippen molar-refractivity contribution in [1.29, 1.82) is 0 Å². The van der Waals surface area contributed by atoms with Gasteiger partial charge in [-0.3, -0.25) is 14.6 Å². The van der Waals surface area contributed by atoms with E-state index in [1.807, 2.05) is 0 Å². The smallest absolute Gasteiger partial charge is 0.270 e. The molecule has 7 nitrogen and oxygen atoms in total. The largest absolute Gasteiger partial charge is 0.394 e. The second-order valence-corrected chi connectivity index (χ2v) is 12.2. The highest BCUT2D eigenvalue weighted by Crippen LogP contribution is 2.25. The Morgan fingerprint density at radius 3 is 2.18 bits per heavy atom. The van der Waals surface area contributed by atoms with Crippen LogP contribution < -0.4 is 5.73 Å². The van der Waals surface area contributed by atoms with E-state index in [1.54, 1.807) is 4.90 Å². The number of carbonyl (C=O) groups is 2. The van der Waals surface area contributed by atoms with E-state index >= 15 is 0 Å². The van der Waals surface area contributed by atoms with Crippen LogP contribution in [0.2, 0.25) is 0 Å². The second-order valence-electron chi connectivity index (χ2n) is 12.2. The summed E-state index contributed by atoms with van der Waals surface area (Å²) in [5.41, 5.74) is 12.0. The molecule has 1 saturated carbocycles. The Labute approximate surface area is 269 Å². The zero-order valence-corrected chi connectivity index (χ0v) is 29.6. The number of ether oxygens (including phenoxy) is 1. The van der Waals surface area contributed by atoms with Crippen LogP contribution in [0.25, 0.3) is 0 Å². The lowest BCUT2D eigenvalue weighted by molar-refractivity contribution is -0.136. The standard InChI is InChI=1S/C15H23N3O4.C9H12.C9H20.C4H10/c1-10(20)7-17-13-4-2-3-12(13)14(16)15(21)18-5-6-22-11(8-18)9-19;1-7-5-4-6-8(2)9(7)3;1-4-6-7-8-9(3)5-2;1-3-4-2/h11,19H,2-9,16H2,1H3;4-6H,1-3H3;9H,4-8H2,1-3H3;3-4H2,1-2H3/b14-12-,17-13?;;;. The molecule has 2 fully saturated rings. The van der Waals surface area contributed by atoms with E-state index in [2.05, 4.69) is 78.6 Å². The molecule has 1 aromatic rings. The summed E-state index contributed by atoms with van der Waals surface area (Å²) in [6, 6.07) is 6.38. The van der Waals surface area contributed by atoms with Gasteiger partial charge in [0.15, 0.2) is 5.78 Å². The number of carbonyl (C=O) groups excluding carboxylic acids is 2. The second kappa shape index (κ2) is 24.8. The predicted octanol–water partition coefficient (Wildman–Crippen LogP) is 7.66. The van der Waals surface area contributed by atoms with Crippen LogP contribution >= 0.6 is 0 Å². The molecule has 3 rings (SSSR count). The Kier molecular flexibility index (Phi) is 23.4. The van der Waals surface area contributed by atoms with E-state index in [9.17, 15) is 9.59 Å². The highest BCUT2D eigenvalue weighted by Gasteiger charge is 2.28. The molecule has 0 radical (unpaired) electrons. The number of aliphatic imine (C=N–C) groups is 1. The van der Waals surface area contributed by atoms with Gasteiger partial charge < -0.3 is 20.5 Å². The highest BCUT2D eigenvalue weighted by atomic mass is 16.5. The fraction of sp³-hybridized carbons (Fsp3) is 0.703. The molecule has 0 bridgehead atoms. The Bertz CT molecular complexity index is 996. The number of unbranched alkanes of at least 4 members (excludes halogenated alkanes) is 3. The minimum absolute atomic E-state index is 0.0115. The zero-order valence-electron chi connectivity index (χ0n) is 29.6. The van der Waals surface area contributed by atoms with E-state index in [0.717, 1.165) is 30.0 Å². The number of aliphatic hydroxyl groups is 1. The van der Waals surface area contributed by atoms with Gasteiger partial charge in [0.1, 0.15) is 5.70 Å². The van der Waals surface area contributed by atoms with Crippen LogP contribution in [0, 0.1) is 26.7 Å². The third-order valence-corrected chi connectivity index (χ3v) is 8.24. The minimum atomic E-state index is -0.357. The van der Waals surface area contributed by atoms with Crippen LogP contribution in [-0.4, -0.2) is 66.4 Å². The van der Waals surface area contributed by atoms with Crippen LogP contribution in [0.5, 0.6) is 0 Å². The first-order valence-corrected chi connectivity index (χ1v) is 17.0. The summed E-state index contributed by atoms with van der Waals surface area (Å²) < 4.78 is 5.34. The average molecular weight is 616 g/mol. The number of aryl methyl sites for hydroxylation is 2. The number of hydrogen-bond donors (Lipinski definition) is 2. The Hall–Kier alpha value is -2.51. The van der Waals surface area contributed by atoms with Crippen molar-refractivity contribution in [3.63, 3.8) is 0 Å². The van der Waals surface area contributed by atoms with Crippen LogP contribution in [0.4, 0.5) is 0 Å². The van der Waals surface area contributed by atoms with Crippen molar-refractivity contribution < 1.29 is 19.4 Å². The maximum absolute atomic E-state index is 12.5. The lowest BCUT2D eigenvalue weighted by Gasteiger charge is -2.32. The lowest BCUT2D eigenvalue weighted by atomic mass is 10.0. The summed E-state index contributed by atoms with van der Waals surface area (Å²) in [5, 5.41) is 9.15. The van der Waals surface area contributed by atoms with Crippen molar-refractivity contribution in [2.45, 2.75) is 133 Å². The predicted molar refractivity (Wildman–Crippen MR) is 186 cm³/mol. The first-order valence-electron chi connectivity index (χ1n) is 17.0. The van der Waals surface area contributed by atoms with Crippen molar-refractivity contribution in [2.75, 3.05) is 32.8 Å². The van der Waals surface area contributed by atoms with Crippen molar-refractivity contribution in [2.24, 2.45) is 16.6 Å². The molecule has 2 unspecified atom stereocenters. The van der Waals surface area contributed by atoms with Gasteiger partial charge in [0, 0.05) is 24.4 Å². The van der Waals surface area contributed by atoms with Gasteiger partial charge in [0.05, 0.1) is 25.9 Å². The van der Waals surface area contributed by atoms with Crippen molar-refractivity contribution in [1.82, 2.24) is 4.90 Å². The molecule has 1 aliphatic heterocycles. The van der Waals surface area contributed by atoms with Crippen molar-refractivity contribution >= 4 is 17.4 Å². The zero-order chi connectivity index (χ0) is 33.5. The maximum atomic E-state index is 12.5. The molecule has 1 aromatic carbocycles. The number of benzene rings is 1. The van der Waals surface area contributed by atoms with Crippen LogP contribution in [0.1, 0.15) is 122 Å². The molecule has 0 spiro atoms. The van der Waals surface area contributed by atoms with E-state index in [-0.39, 0.29) is 36.6 Å². The molecule has 0 aromatic heterocycles. The number of aliphatic hydroxyl groups excluding tert-OH is 1. The summed E-state index contributed by atoms with van der Waals surface area (Å²) in [5.74, 6) is 0.702. The number of ketones is 1. The summed E-state index contributed by atoms with van der Waals surface area (Å²) in [6.45, 7) is 20.4. The van der Waals surface area contributed by atoms with Crippen molar-refractivity contribution in [3.05, 3.63) is 46.2 Å². The van der Waals surface area contributed by atoms with Crippen LogP contribution in [0.3, 0.4) is 0 Å². The quantitative estimate of drug-likeness (QED) is 0.208. The number of nitrogens with two attached hydrogens (primary N) is 1. The van der Waals surface area contributed by atoms with E-state index in [4.69, 9.17) is 15.6 Å². The molecule has 2 atom stereocenters. The molecule has 3 N–H and O–H groups in total. The number of Topliss-reactive ketones (excluding diaryl/α,β-unsaturated/α-hetero) is 1. The van der Waals surface area contributed by atoms with E-state index < -0.39 is 0 Å². The molecular formula is C37H65N3O4. The third-order valence-electron chi connectivity index (χ3n) is 8.24. The fourth-order valence-electron chi connectivity index (χ4n) is 4.56. The number of allylic oxidation sites excluding steroid dienone is 1. The Balaban J connectivity index is 0.000000691. The molecule has 44 heavy (non-hydrogen) atoms. The molecule has 1 aliphatic carbocycles. The van der Waals surface area contributed by atoms with Crippen LogP contribution in [-0.2, 0) is 14.3 Å². The van der Waals surface area contributed by atoms with Gasteiger partial charge >= 0.3 is 0 Å². The first kappa shape index (κ1) is 41.5. The number of nitrogens with zero attached hydrogens (tertiary/aromatic N) is 2. The van der Waals surface area contributed by atoms with Gasteiger partial charge in [0.2, 0.25) is 0 Å². The molecule has 1 heterocycles. The molecule has 1 saturated heterocycles. The summed E-state index contributed by atoms with van der Waals surface area (Å²) >= 11 is 0. The topological polar surface area (TPSA) is 105 Å². The van der Waals surface area contributed by atoms with Gasteiger partial charge in [-0.05, 0) is 69.6 Å². The first-order chi connectivity index (χ1) is 21.0. The van der Waals surface area contributed by atoms with Gasteiger partial charge in [-0.25, -0.2) is 0 Å². The molecule has 2 aliphatic rings. The van der Waals surface area contributed by atoms with Gasteiger partial charge in [-0.2, -0.15) is 0 Å². The Morgan fingerprint density at radius 1 is 1.05 bits per heavy atom. The lowest BCUT2D eigenvalue weighted by Crippen LogP contribution is -2.48. The monoisotopic (exact) mass is 615 g/mol. The fourth-order valence-corrected chi connectivity index (χ4v) is 4.56. The normalized spacial score (nSPS) is 18.6. The molecule has 252 valence electrons. The molecule has 7 heteroatoms. The van der Waals surface area contributed by atoms with E-state index in [0.29, 0.717) is 26.1 Å². The Morgan fingerprint density at radius 2 is 1.68 bits per heavy atom. The number of hydrogen-bond acceptors (Lipinski definition) is 6. The van der Waals surface area contributed by atoms with Gasteiger partial charge in [-0.15, -0.1) is 0 Å². The van der Waals surface area contributed by atoms with Crippen LogP contribution in [0.15, 0.2) is 34.5 Å². The summed E-state index contributed by atoms with van der Waals surface area (Å²) in [6.07, 6.45) is 11.6. The number of amides is 1. The third kappa shape index (κ3) is 17.1. The average Bonchev–Trinajstić information content (AvgIpc) is 3.51. The number of morpholine rings is 1. The van der Waals surface area contributed by atoms with E-state index in [1.165, 1.54) is 68.6 Å². The molecule has 1 amide bonds. The van der Waals surface area contributed by atoms with Crippen molar-refractivity contribution in [3.8, 4) is 0 Å². The van der Waals surface area contributed by atoms with Gasteiger partial charge in [0.25, 0.3) is 5.91 Å². The van der Waals surface area contributed by atoms with Gasteiger partial charge in [-0.1, -0.05) is 97.8 Å². The SMILES string of the molecule is CC(=O)CN=C1CCC/C1=C(/N)C(=O)N1CCOC(CO)C1.CCCC.CCCCCC(C)CC.Cc1cccc(C)c1C. The highest BCUT2D eigenvalue weighted by molar-refractivity contribution is 6.09. The number of rotatable bonds is 10. The maximum Gasteiger partial charge on any atom is 0.270 e. The summed E-state index contributed by atoms with van der Waals surface area (Å²) in [4.78, 5) is 29.5.